The molecule has 0 bridgehead atoms. The van der Waals surface area contributed by atoms with Crippen molar-refractivity contribution in [3.8, 4) is 0 Å². The lowest BCUT2D eigenvalue weighted by molar-refractivity contribution is 0.394. The average molecular weight is 2440 g/mol. The minimum absolute atomic E-state index is 0.0336. The molecule has 76 heteroatoms. The van der Waals surface area contributed by atoms with Crippen LogP contribution in [-0.2, 0) is 173 Å². The normalized spacial score (nSPS) is 15.5. The molecule has 6 rings (SSSR count). The molecule has 0 radical (unpaired) electrons. The van der Waals surface area contributed by atoms with Crippen LogP contribution in [0.2, 0.25) is 10.0 Å². The molecule has 0 aliphatic rings. The number of rotatable bonds is 48. The van der Waals surface area contributed by atoms with Crippen molar-refractivity contribution in [3.05, 3.63) is 266 Å². The first-order valence-electron chi connectivity index (χ1n) is 36.2. The van der Waals surface area contributed by atoms with Gasteiger partial charge >= 0.3 is 176 Å². The number of aromatic amines is 6. The summed E-state index contributed by atoms with van der Waals surface area (Å²) in [4.78, 5) is 148. The highest BCUT2D eigenvalue weighted by Gasteiger charge is 2.45. The standard InChI is InChI=1S/2C10H13BrN2O7P3.2C10H13ClN2O7P3.2C10H14N2O7P3/c4*1-21(16)19-23(18,20-22(2)17)6-4-3-5-13-7-8(11)9(14)12-10(13)15;2*1-20(15)18-22(17,19-21(2)16)8-4-3-6-12-7-5-9(13)11-10(12)14/h4*3-4,7H,5-6H2,1-2H3;2*3-5,7H,6,8H2,1-2H3/q6*+1/p+6/b4-3+;4-3-;4-3+;4-3-;4-3+;4-3-. The molecule has 0 saturated heterocycles. The van der Waals surface area contributed by atoms with Crippen molar-refractivity contribution in [1.29, 1.82) is 0 Å². The van der Waals surface area contributed by atoms with Crippen molar-refractivity contribution >= 4 is 197 Å². The molecule has 6 heterocycles. The Morgan fingerprint density at radius 2 is 0.412 bits per heavy atom. The van der Waals surface area contributed by atoms with Crippen LogP contribution in [-0.4, -0.2) is 174 Å². The van der Waals surface area contributed by atoms with Gasteiger partial charge in [-0.05, 0) is 86.6 Å². The van der Waals surface area contributed by atoms with Crippen molar-refractivity contribution < 1.29 is 134 Å². The third kappa shape index (κ3) is 56.1. The van der Waals surface area contributed by atoms with Gasteiger partial charge in [-0.15, -0.1) is 0 Å². The van der Waals surface area contributed by atoms with Crippen LogP contribution < -0.4 is 67.5 Å². The fourth-order valence-electron chi connectivity index (χ4n) is 8.59. The summed E-state index contributed by atoms with van der Waals surface area (Å²) in [5.74, 6) is 0. The molecule has 0 amide bonds. The predicted molar refractivity (Wildman–Crippen MR) is 518 cm³/mol. The maximum absolute atomic E-state index is 12.2. The van der Waals surface area contributed by atoms with Crippen LogP contribution in [0.4, 0.5) is 0 Å². The van der Waals surface area contributed by atoms with Crippen LogP contribution in [0, 0.1) is 0 Å². The first kappa shape index (κ1) is 128. The van der Waals surface area contributed by atoms with E-state index in [1.807, 2.05) is 9.97 Å². The van der Waals surface area contributed by atoms with Gasteiger partial charge in [0.15, 0.2) is 80.0 Å². The first-order valence-corrected chi connectivity index (χ1v) is 68.4. The molecule has 136 heavy (non-hydrogen) atoms. The van der Waals surface area contributed by atoms with Gasteiger partial charge < -0.3 is 0 Å². The summed E-state index contributed by atoms with van der Waals surface area (Å²) in [6, 6.07) is 2.38. The minimum Gasteiger partial charge on any atom is -0.297 e. The van der Waals surface area contributed by atoms with Gasteiger partial charge in [0.25, 0.3) is 33.4 Å². The second kappa shape index (κ2) is 63.9. The molecule has 6 aromatic rings. The van der Waals surface area contributed by atoms with E-state index in [1.165, 1.54) is 208 Å². The quantitative estimate of drug-likeness (QED) is 0.0153. The lowest BCUT2D eigenvalue weighted by Crippen LogP contribution is -2.29. The summed E-state index contributed by atoms with van der Waals surface area (Å²) < 4.78 is 270. The molecule has 12 unspecified atom stereocenters. The number of nitrogens with one attached hydrogen (secondary N) is 6. The number of nitrogens with zero attached hydrogens (tertiary/aromatic N) is 6. The number of hydrogen-bond donors (Lipinski definition) is 6. The molecule has 0 fully saturated rings. The third-order valence-electron chi connectivity index (χ3n) is 13.3. The largest absolute Gasteiger partial charge is 0.513 e. The zero-order chi connectivity index (χ0) is 104. The lowest BCUT2D eigenvalue weighted by atomic mass is 10.5. The maximum atomic E-state index is 12.2. The number of aromatic nitrogens is 12. The van der Waals surface area contributed by atoms with Gasteiger partial charge in [-0.1, -0.05) is 148 Å². The van der Waals surface area contributed by atoms with Gasteiger partial charge in [0.1, 0.15) is 10.0 Å². The highest BCUT2D eigenvalue weighted by atomic mass is 79.9. The smallest absolute Gasteiger partial charge is 0.297 e. The van der Waals surface area contributed by atoms with Crippen molar-refractivity contribution in [2.24, 2.45) is 0 Å². The van der Waals surface area contributed by atoms with E-state index in [4.69, 9.17) is 74.9 Å². The molecule has 0 aliphatic carbocycles. The minimum atomic E-state index is -3.81. The molecule has 6 N–H and O–H groups in total. The zero-order valence-corrected chi connectivity index (χ0v) is 93.2. The van der Waals surface area contributed by atoms with E-state index in [0.717, 1.165) is 21.5 Å². The summed E-state index contributed by atoms with van der Waals surface area (Å²) in [5.41, 5.74) is -7.17. The Kier molecular flexibility index (Phi) is 60.3. The van der Waals surface area contributed by atoms with Gasteiger partial charge in [-0.25, -0.2) is 28.8 Å². The number of allylic oxidation sites excluding steroid dienone is 12. The Hall–Kier alpha value is -5.84. The van der Waals surface area contributed by atoms with Crippen molar-refractivity contribution in [2.45, 2.75) is 39.3 Å². The summed E-state index contributed by atoms with van der Waals surface area (Å²) >= 11 is 17.2. The fourth-order valence-corrected chi connectivity index (χ4v) is 34.4. The van der Waals surface area contributed by atoms with Gasteiger partial charge in [-0.3, -0.25) is 113 Å². The number of halogens is 4. The average Bonchev–Trinajstić information content (AvgIpc) is 0.848. The first-order chi connectivity index (χ1) is 62.9. The van der Waals surface area contributed by atoms with Crippen LogP contribution in [0.5, 0.6) is 0 Å². The van der Waals surface area contributed by atoms with Gasteiger partial charge in [0, 0.05) is 88.6 Å². The van der Waals surface area contributed by atoms with E-state index in [-0.39, 0.29) is 95.2 Å². The molecule has 0 saturated carbocycles. The molecule has 12 atom stereocenters. The Balaban J connectivity index is 0.000000816. The van der Waals surface area contributed by atoms with Crippen LogP contribution in [0.3, 0.4) is 0 Å². The van der Waals surface area contributed by atoms with Crippen molar-refractivity contribution in [2.75, 3.05) is 117 Å². The summed E-state index contributed by atoms with van der Waals surface area (Å²) in [6.07, 6.45) is 23.2. The van der Waals surface area contributed by atoms with E-state index < -0.39 is 209 Å². The van der Waals surface area contributed by atoms with E-state index in [0.29, 0.717) is 0 Å². The number of hydrogen-bond acceptors (Lipinski definition) is 42. The van der Waals surface area contributed by atoms with E-state index >= 15 is 0 Å². The van der Waals surface area contributed by atoms with E-state index in [2.05, 4.69) is 51.8 Å². The van der Waals surface area contributed by atoms with Crippen LogP contribution >= 0.6 is 197 Å². The van der Waals surface area contributed by atoms with Crippen LogP contribution in [0.1, 0.15) is 0 Å². The molecule has 744 valence electrons. The van der Waals surface area contributed by atoms with E-state index in [9.17, 15) is 140 Å². The van der Waals surface area contributed by atoms with Crippen molar-refractivity contribution in [1.82, 2.24) is 57.3 Å². The summed E-state index contributed by atoms with van der Waals surface area (Å²) in [5, 5.41) is -0.303. The second-order valence-electron chi connectivity index (χ2n) is 24.9. The molecule has 0 aliphatic heterocycles. The Morgan fingerprint density at radius 3 is 0.581 bits per heavy atom. The summed E-state index contributed by atoms with van der Waals surface area (Å²) in [7, 11) is -49.1. The van der Waals surface area contributed by atoms with Crippen LogP contribution in [0.25, 0.3) is 0 Å². The molecule has 0 aromatic carbocycles. The molecule has 6 aromatic heterocycles. The monoisotopic (exact) mass is 2430 g/mol. The molecule has 54 nitrogen and oxygen atoms in total. The predicted octanol–water partition coefficient (Wildman–Crippen LogP) is 15.2. The third-order valence-corrected chi connectivity index (χ3v) is 41.9. The molecular weight excluding hydrogens is 2350 g/mol. The Morgan fingerprint density at radius 1 is 0.257 bits per heavy atom. The maximum Gasteiger partial charge on any atom is 0.513 e. The second-order valence-corrected chi connectivity index (χ2v) is 55.4. The topological polar surface area (TPSA) is 747 Å². The fraction of sp³-hybridized carbons (Fsp3) is 0.400. The molecule has 0 spiro atoms. The Bertz CT molecular complexity index is 5970. The van der Waals surface area contributed by atoms with Crippen LogP contribution in [0.15, 0.2) is 189 Å². The SMILES string of the molecule is C[P+](=O)OP(=O)(C/C=C/Cn1cc(Br)c(=O)[nH]c1=O)O[P+](C)=O.C[P+](=O)OP(=O)(C/C=C/Cn1cc(Cl)c(=O)[nH]c1=O)O[P+](C)=O.C[P+](=O)OP(=O)(C/C=C/Cn1ccc(=O)[nH]c1=O)O[P+](C)=O.C[P+](=O)OP(=O)(C/C=C\Cn1cc(Br)c(=O)[nH]c1=O)O[P+](C)=O.C[P+](=O)OP(=O)(C/C=C\Cn1cc(Cl)c(=O)[nH]c1=O)O[P+](C)=O.C[P+](=O)OP(=O)(C/C=C\Cn1ccc(=O)[nH]c1=O)O[P+](C)=O. The van der Waals surface area contributed by atoms with Gasteiger partial charge in [-0.2, -0.15) is 0 Å². The highest BCUT2D eigenvalue weighted by molar-refractivity contribution is 9.10. The van der Waals surface area contributed by atoms with Crippen molar-refractivity contribution in [3.63, 3.8) is 0 Å². The molecular formula is C60H86Br2Cl2N12O42P18+12. The number of H-pyrrole nitrogens is 6. The summed E-state index contributed by atoms with van der Waals surface area (Å²) in [6.45, 7) is 14.9. The van der Waals surface area contributed by atoms with Gasteiger partial charge in [0.2, 0.25) is 0 Å². The zero-order valence-electron chi connectivity index (χ0n) is 72.4. The van der Waals surface area contributed by atoms with Gasteiger partial charge in [0.05, 0.1) is 45.9 Å². The van der Waals surface area contributed by atoms with E-state index in [1.54, 1.807) is 0 Å². The Labute approximate surface area is 805 Å². The highest BCUT2D eigenvalue weighted by Crippen LogP contribution is 2.64. The lowest BCUT2D eigenvalue weighted by Gasteiger charge is -2.03.